The van der Waals surface area contributed by atoms with Gasteiger partial charge < -0.3 is 37.2 Å². The van der Waals surface area contributed by atoms with Crippen molar-refractivity contribution >= 4 is 22.7 Å². The Kier molecular flexibility index (Phi) is 12.2. The highest BCUT2D eigenvalue weighted by Crippen LogP contribution is 2.37. The first-order valence-electron chi connectivity index (χ1n) is 17.5. The van der Waals surface area contributed by atoms with Crippen LogP contribution in [-0.4, -0.2) is 70.3 Å². The minimum Gasteiger partial charge on any atom is -0.399 e. The van der Waals surface area contributed by atoms with E-state index in [1.165, 1.54) is 7.11 Å². The Balaban J connectivity index is 1.24. The molecule has 12 heteroatoms. The molecule has 0 bridgehead atoms. The van der Waals surface area contributed by atoms with Crippen LogP contribution < -0.4 is 9.65 Å². The molecule has 52 heavy (non-hydrogen) atoms. The fourth-order valence-electron chi connectivity index (χ4n) is 6.11. The highest BCUT2D eigenvalue weighted by molar-refractivity contribution is 7.87. The van der Waals surface area contributed by atoms with Crippen molar-refractivity contribution in [3.05, 3.63) is 132 Å². The van der Waals surface area contributed by atoms with Gasteiger partial charge in [0.05, 0.1) is 31.0 Å². The molecule has 0 aliphatic carbocycles. The summed E-state index contributed by atoms with van der Waals surface area (Å²) in [5.41, 5.74) is 2.51. The number of methoxy groups -OCH3 is 1. The Morgan fingerprint density at radius 2 is 1.06 bits per heavy atom. The standard InChI is InChI=1S/C40H47BO10S/c1-39(2)40(3,4)51-41(50-39)32-21-23-33(24-22-32)49-52(42,43)28-34-35(45-25-29-15-9-6-10-16-29)36(46-26-30-17-11-7-12-18-30)37(38(44-5)48-34)47-27-31-19-13-8-14-20-31/h6-24,34-38H,25-28H2,1-5H3/t34?,35-,36-,37?,38+/m1/s1. The zero-order valence-corrected chi connectivity index (χ0v) is 31.1. The van der Waals surface area contributed by atoms with Crippen LogP contribution in [0.5, 0.6) is 5.75 Å². The summed E-state index contributed by atoms with van der Waals surface area (Å²) in [7, 11) is -3.33. The highest BCUT2D eigenvalue weighted by atomic mass is 32.2. The van der Waals surface area contributed by atoms with Crippen molar-refractivity contribution in [2.24, 2.45) is 0 Å². The van der Waals surface area contributed by atoms with Gasteiger partial charge in [0.25, 0.3) is 0 Å². The molecule has 5 atom stereocenters. The van der Waals surface area contributed by atoms with Crippen molar-refractivity contribution in [2.45, 2.75) is 89.4 Å². The minimum atomic E-state index is -4.23. The molecule has 0 N–H and O–H groups in total. The third-order valence-electron chi connectivity index (χ3n) is 9.68. The largest absolute Gasteiger partial charge is 0.494 e. The van der Waals surface area contributed by atoms with Crippen molar-refractivity contribution in [3.8, 4) is 5.75 Å². The lowest BCUT2D eigenvalue weighted by molar-refractivity contribution is -0.314. The highest BCUT2D eigenvalue weighted by Gasteiger charge is 2.52. The van der Waals surface area contributed by atoms with Gasteiger partial charge in [-0.15, -0.1) is 0 Å². The quantitative estimate of drug-likeness (QED) is 0.110. The predicted octanol–water partition coefficient (Wildman–Crippen LogP) is 5.82. The van der Waals surface area contributed by atoms with Crippen molar-refractivity contribution < 1.29 is 45.6 Å². The Morgan fingerprint density at radius 3 is 1.52 bits per heavy atom. The topological polar surface area (TPSA) is 108 Å². The van der Waals surface area contributed by atoms with E-state index < -0.39 is 64.9 Å². The Morgan fingerprint density at radius 1 is 0.615 bits per heavy atom. The van der Waals surface area contributed by atoms with Crippen LogP contribution in [0, 0.1) is 0 Å². The molecule has 10 nitrogen and oxygen atoms in total. The third kappa shape index (κ3) is 9.49. The molecule has 0 saturated carbocycles. The summed E-state index contributed by atoms with van der Waals surface area (Å²) in [6.45, 7) is 8.56. The molecule has 2 saturated heterocycles. The fourth-order valence-corrected chi connectivity index (χ4v) is 7.25. The van der Waals surface area contributed by atoms with Crippen LogP contribution in [0.4, 0.5) is 0 Å². The summed E-state index contributed by atoms with van der Waals surface area (Å²) < 4.78 is 77.2. The summed E-state index contributed by atoms with van der Waals surface area (Å²) in [6, 6.07) is 35.7. The molecule has 2 unspecified atom stereocenters. The van der Waals surface area contributed by atoms with E-state index in [4.69, 9.17) is 37.2 Å². The van der Waals surface area contributed by atoms with Gasteiger partial charge in [0.15, 0.2) is 6.29 Å². The summed E-state index contributed by atoms with van der Waals surface area (Å²) >= 11 is 0. The van der Waals surface area contributed by atoms with E-state index in [9.17, 15) is 8.42 Å². The van der Waals surface area contributed by atoms with E-state index in [0.717, 1.165) is 22.2 Å². The minimum absolute atomic E-state index is 0.141. The van der Waals surface area contributed by atoms with Crippen LogP contribution in [0.1, 0.15) is 44.4 Å². The normalized spacial score (nSPS) is 24.1. The lowest BCUT2D eigenvalue weighted by Gasteiger charge is -2.45. The molecule has 2 aliphatic heterocycles. The molecule has 0 aromatic heterocycles. The molecule has 6 rings (SSSR count). The molecule has 4 aromatic carbocycles. The number of benzene rings is 4. The van der Waals surface area contributed by atoms with Gasteiger partial charge in [0, 0.05) is 7.11 Å². The Hall–Kier alpha value is -3.59. The van der Waals surface area contributed by atoms with E-state index >= 15 is 0 Å². The molecule has 0 spiro atoms. The molecule has 4 aromatic rings. The van der Waals surface area contributed by atoms with Crippen LogP contribution in [0.3, 0.4) is 0 Å². The number of hydrogen-bond donors (Lipinski definition) is 0. The fraction of sp³-hybridized carbons (Fsp3) is 0.400. The van der Waals surface area contributed by atoms with Gasteiger partial charge >= 0.3 is 17.2 Å². The first-order valence-corrected chi connectivity index (χ1v) is 19.0. The molecule has 2 aliphatic rings. The first kappa shape index (κ1) is 38.1. The van der Waals surface area contributed by atoms with Crippen LogP contribution in [0.2, 0.25) is 0 Å². The van der Waals surface area contributed by atoms with Crippen molar-refractivity contribution in [1.29, 1.82) is 0 Å². The van der Waals surface area contributed by atoms with Crippen LogP contribution in [0.15, 0.2) is 115 Å². The molecular weight excluding hydrogens is 683 g/mol. The van der Waals surface area contributed by atoms with E-state index in [2.05, 4.69) is 0 Å². The lowest BCUT2D eigenvalue weighted by atomic mass is 9.79. The van der Waals surface area contributed by atoms with Gasteiger partial charge in [-0.05, 0) is 62.0 Å². The van der Waals surface area contributed by atoms with Gasteiger partial charge in [0.1, 0.15) is 35.9 Å². The average molecular weight is 731 g/mol. The molecule has 2 fully saturated rings. The van der Waals surface area contributed by atoms with Crippen molar-refractivity contribution in [1.82, 2.24) is 0 Å². The number of hydrogen-bond acceptors (Lipinski definition) is 10. The molecule has 2 heterocycles. The third-order valence-corrected chi connectivity index (χ3v) is 10.9. The summed E-state index contributed by atoms with van der Waals surface area (Å²) in [5, 5.41) is 0. The maximum Gasteiger partial charge on any atom is 0.494 e. The maximum atomic E-state index is 13.8. The maximum absolute atomic E-state index is 13.8. The second-order valence-electron chi connectivity index (χ2n) is 14.0. The smallest absolute Gasteiger partial charge is 0.399 e. The average Bonchev–Trinajstić information content (AvgIpc) is 3.36. The van der Waals surface area contributed by atoms with Gasteiger partial charge in [-0.3, -0.25) is 0 Å². The van der Waals surface area contributed by atoms with Gasteiger partial charge in [-0.1, -0.05) is 103 Å². The van der Waals surface area contributed by atoms with E-state index in [0.29, 0.717) is 0 Å². The predicted molar refractivity (Wildman–Crippen MR) is 197 cm³/mol. The van der Waals surface area contributed by atoms with E-state index in [-0.39, 0.29) is 25.6 Å². The summed E-state index contributed by atoms with van der Waals surface area (Å²) in [5.74, 6) is -0.399. The molecule has 0 radical (unpaired) electrons. The van der Waals surface area contributed by atoms with Crippen LogP contribution in [-0.2, 0) is 62.9 Å². The van der Waals surface area contributed by atoms with Crippen molar-refractivity contribution in [2.75, 3.05) is 12.9 Å². The van der Waals surface area contributed by atoms with Gasteiger partial charge in [-0.25, -0.2) is 0 Å². The number of rotatable bonds is 15. The molecule has 276 valence electrons. The zero-order valence-electron chi connectivity index (χ0n) is 30.3. The Labute approximate surface area is 307 Å². The zero-order chi connectivity index (χ0) is 36.8. The lowest BCUT2D eigenvalue weighted by Crippen LogP contribution is -2.62. The summed E-state index contributed by atoms with van der Waals surface area (Å²) in [4.78, 5) is 0. The number of ether oxygens (including phenoxy) is 5. The monoisotopic (exact) mass is 730 g/mol. The Bertz CT molecular complexity index is 1790. The molecular formula is C40H47BO10S. The molecule has 0 amide bonds. The van der Waals surface area contributed by atoms with Crippen LogP contribution >= 0.6 is 0 Å². The summed E-state index contributed by atoms with van der Waals surface area (Å²) in [6.07, 6.45) is -4.46. The van der Waals surface area contributed by atoms with Gasteiger partial charge in [-0.2, -0.15) is 8.42 Å². The SMILES string of the molecule is CO[C@H]1OC(CS(=O)(=O)Oc2ccc(B3OC(C)(C)C(C)(C)O3)cc2)[C@@H](OCc2ccccc2)[C@@H](OCc2ccccc2)C1OCc1ccccc1. The van der Waals surface area contributed by atoms with E-state index in [1.54, 1.807) is 24.3 Å². The second kappa shape index (κ2) is 16.6. The van der Waals surface area contributed by atoms with Gasteiger partial charge in [0.2, 0.25) is 0 Å². The van der Waals surface area contributed by atoms with Crippen LogP contribution in [0.25, 0.3) is 0 Å². The van der Waals surface area contributed by atoms with E-state index in [1.807, 2.05) is 119 Å². The second-order valence-corrected chi connectivity index (χ2v) is 15.6. The first-order chi connectivity index (χ1) is 24.9. The van der Waals surface area contributed by atoms with Crippen molar-refractivity contribution in [3.63, 3.8) is 0 Å².